The van der Waals surface area contributed by atoms with Gasteiger partial charge in [-0.2, -0.15) is 5.10 Å². The fraction of sp³-hybridized carbons (Fsp3) is 0.440. The van der Waals surface area contributed by atoms with Crippen LogP contribution >= 0.6 is 11.6 Å². The summed E-state index contributed by atoms with van der Waals surface area (Å²) >= 11 is 6.19. The molecule has 3 N–H and O–H groups in total. The maximum Gasteiger partial charge on any atom is 0.272 e. The Labute approximate surface area is 188 Å². The summed E-state index contributed by atoms with van der Waals surface area (Å²) in [6.45, 7) is -0.0986. The molecule has 1 aromatic heterocycles. The molecule has 0 saturated heterocycles. The van der Waals surface area contributed by atoms with Gasteiger partial charge in [0.15, 0.2) is 5.69 Å². The van der Waals surface area contributed by atoms with Gasteiger partial charge in [-0.25, -0.2) is 0 Å². The SMILES string of the molecule is O=C(N[C@@H](CO)C1C=CC=CC1)c1n[nH]c2c1CCCCC[C@@H]2Cc1cccc(Cl)c1. The number of nitrogens with one attached hydrogen (secondary N) is 2. The summed E-state index contributed by atoms with van der Waals surface area (Å²) in [5, 5.41) is 21.3. The molecule has 0 saturated carbocycles. The molecule has 5 nitrogen and oxygen atoms in total. The molecule has 0 bridgehead atoms. The highest BCUT2D eigenvalue weighted by Gasteiger charge is 2.28. The molecule has 0 spiro atoms. The first-order valence-electron chi connectivity index (χ1n) is 11.2. The second-order valence-electron chi connectivity index (χ2n) is 8.57. The summed E-state index contributed by atoms with van der Waals surface area (Å²) in [5.74, 6) is 0.166. The smallest absolute Gasteiger partial charge is 0.272 e. The van der Waals surface area contributed by atoms with E-state index in [1.807, 2.05) is 36.4 Å². The summed E-state index contributed by atoms with van der Waals surface area (Å²) in [6, 6.07) is 7.67. The van der Waals surface area contributed by atoms with Gasteiger partial charge >= 0.3 is 0 Å². The van der Waals surface area contributed by atoms with E-state index in [-0.39, 0.29) is 30.4 Å². The Hall–Kier alpha value is -2.37. The third-order valence-electron chi connectivity index (χ3n) is 6.42. The van der Waals surface area contributed by atoms with E-state index in [1.54, 1.807) is 0 Å². The van der Waals surface area contributed by atoms with Crippen LogP contribution in [0.3, 0.4) is 0 Å². The van der Waals surface area contributed by atoms with E-state index >= 15 is 0 Å². The van der Waals surface area contributed by atoms with Crippen molar-refractivity contribution in [2.24, 2.45) is 5.92 Å². The Bertz CT molecular complexity index is 965. The number of rotatable bonds is 6. The van der Waals surface area contributed by atoms with Gasteiger partial charge in [-0.15, -0.1) is 0 Å². The number of hydrogen-bond acceptors (Lipinski definition) is 3. The van der Waals surface area contributed by atoms with Gasteiger partial charge in [0.2, 0.25) is 0 Å². The molecule has 31 heavy (non-hydrogen) atoms. The number of aromatic nitrogens is 2. The fourth-order valence-corrected chi connectivity index (χ4v) is 4.96. The summed E-state index contributed by atoms with van der Waals surface area (Å²) in [4.78, 5) is 13.1. The normalized spacial score (nSPS) is 21.7. The number of benzene rings is 1. The maximum atomic E-state index is 13.1. The van der Waals surface area contributed by atoms with Gasteiger partial charge in [0, 0.05) is 28.1 Å². The molecule has 6 heteroatoms. The fourth-order valence-electron chi connectivity index (χ4n) is 4.75. The lowest BCUT2D eigenvalue weighted by Crippen LogP contribution is -2.43. The van der Waals surface area contributed by atoms with Gasteiger partial charge in [-0.05, 0) is 49.8 Å². The number of aromatic amines is 1. The van der Waals surface area contributed by atoms with E-state index in [4.69, 9.17) is 11.6 Å². The molecule has 3 atom stereocenters. The van der Waals surface area contributed by atoms with Crippen molar-refractivity contribution in [3.8, 4) is 0 Å². The average molecular weight is 440 g/mol. The minimum Gasteiger partial charge on any atom is -0.394 e. The van der Waals surface area contributed by atoms with Crippen molar-refractivity contribution in [2.45, 2.75) is 56.9 Å². The Balaban J connectivity index is 1.55. The Morgan fingerprint density at radius 1 is 1.29 bits per heavy atom. The summed E-state index contributed by atoms with van der Waals surface area (Å²) in [6.07, 6.45) is 15.0. The van der Waals surface area contributed by atoms with Crippen LogP contribution < -0.4 is 5.32 Å². The number of hydrogen-bond donors (Lipinski definition) is 3. The summed E-state index contributed by atoms with van der Waals surface area (Å²) < 4.78 is 0. The van der Waals surface area contributed by atoms with E-state index in [0.29, 0.717) is 5.69 Å². The van der Waals surface area contributed by atoms with E-state index in [0.717, 1.165) is 54.8 Å². The number of aliphatic hydroxyl groups is 1. The van der Waals surface area contributed by atoms with Crippen LogP contribution in [0.15, 0.2) is 48.6 Å². The van der Waals surface area contributed by atoms with E-state index in [9.17, 15) is 9.90 Å². The lowest BCUT2D eigenvalue weighted by molar-refractivity contribution is 0.0893. The number of fused-ring (bicyclic) bond motifs is 1. The van der Waals surface area contributed by atoms with Gasteiger partial charge in [0.05, 0.1) is 12.6 Å². The lowest BCUT2D eigenvalue weighted by Gasteiger charge is -2.24. The highest BCUT2D eigenvalue weighted by Crippen LogP contribution is 2.33. The zero-order valence-corrected chi connectivity index (χ0v) is 18.4. The first-order valence-corrected chi connectivity index (χ1v) is 11.6. The number of carbonyl (C=O) groups excluding carboxylic acids is 1. The molecule has 1 aromatic carbocycles. The standard InChI is InChI=1S/C25H30ClN3O2/c26-20-12-7-8-17(15-20)14-19-11-5-2-6-13-21-23(19)28-29-24(21)25(31)27-22(16-30)18-9-3-1-4-10-18/h1,3-4,7-9,12,15,18-19,22,30H,2,5-6,10-11,13-14,16H2,(H,27,31)(H,28,29)/t18?,19-,22+/m1/s1. The molecular formula is C25H30ClN3O2. The topological polar surface area (TPSA) is 78.0 Å². The van der Waals surface area contributed by atoms with Crippen molar-refractivity contribution in [2.75, 3.05) is 6.61 Å². The number of allylic oxidation sites excluding steroid dienone is 3. The third kappa shape index (κ3) is 5.28. The Kier molecular flexibility index (Phi) is 7.25. The van der Waals surface area contributed by atoms with Crippen molar-refractivity contribution in [1.82, 2.24) is 15.5 Å². The molecular weight excluding hydrogens is 410 g/mol. The highest BCUT2D eigenvalue weighted by molar-refractivity contribution is 6.30. The van der Waals surface area contributed by atoms with Crippen LogP contribution in [0.5, 0.6) is 0 Å². The predicted octanol–water partition coefficient (Wildman–Crippen LogP) is 4.73. The van der Waals surface area contributed by atoms with Crippen molar-refractivity contribution in [3.05, 3.63) is 76.1 Å². The van der Waals surface area contributed by atoms with Crippen LogP contribution in [0.25, 0.3) is 0 Å². The van der Waals surface area contributed by atoms with Gasteiger partial charge in [-0.3, -0.25) is 9.89 Å². The van der Waals surface area contributed by atoms with Crippen molar-refractivity contribution in [1.29, 1.82) is 0 Å². The van der Waals surface area contributed by atoms with Crippen LogP contribution in [0.2, 0.25) is 5.02 Å². The van der Waals surface area contributed by atoms with E-state index < -0.39 is 0 Å². The minimum absolute atomic E-state index is 0.0928. The van der Waals surface area contributed by atoms with Gasteiger partial charge < -0.3 is 10.4 Å². The molecule has 4 rings (SSSR count). The molecule has 164 valence electrons. The van der Waals surface area contributed by atoms with Crippen molar-refractivity contribution < 1.29 is 9.90 Å². The number of carbonyl (C=O) groups is 1. The predicted molar refractivity (Wildman–Crippen MR) is 123 cm³/mol. The number of H-pyrrole nitrogens is 1. The number of nitrogens with zero attached hydrogens (tertiary/aromatic N) is 1. The van der Waals surface area contributed by atoms with Gasteiger partial charge in [0.1, 0.15) is 0 Å². The van der Waals surface area contributed by atoms with Crippen molar-refractivity contribution in [3.63, 3.8) is 0 Å². The molecule has 2 aliphatic rings. The zero-order chi connectivity index (χ0) is 21.6. The van der Waals surface area contributed by atoms with Gasteiger partial charge in [-0.1, -0.05) is 60.9 Å². The molecule has 1 heterocycles. The van der Waals surface area contributed by atoms with E-state index in [1.165, 1.54) is 12.0 Å². The molecule has 0 aliphatic heterocycles. The Morgan fingerprint density at radius 2 is 2.19 bits per heavy atom. The zero-order valence-electron chi connectivity index (χ0n) is 17.7. The van der Waals surface area contributed by atoms with Gasteiger partial charge in [0.25, 0.3) is 5.91 Å². The van der Waals surface area contributed by atoms with Crippen LogP contribution in [0, 0.1) is 5.92 Å². The molecule has 2 aliphatic carbocycles. The maximum absolute atomic E-state index is 13.1. The van der Waals surface area contributed by atoms with Crippen LogP contribution in [-0.4, -0.2) is 33.9 Å². The monoisotopic (exact) mass is 439 g/mol. The molecule has 0 radical (unpaired) electrons. The Morgan fingerprint density at radius 3 is 2.97 bits per heavy atom. The first kappa shape index (κ1) is 21.8. The number of halogens is 1. The molecule has 2 aromatic rings. The number of aliphatic hydroxyl groups excluding tert-OH is 1. The second kappa shape index (κ2) is 10.3. The summed E-state index contributed by atoms with van der Waals surface area (Å²) in [5.41, 5.74) is 3.77. The third-order valence-corrected chi connectivity index (χ3v) is 6.65. The molecule has 1 unspecified atom stereocenters. The molecule has 0 fully saturated rings. The molecule has 1 amide bonds. The second-order valence-corrected chi connectivity index (χ2v) is 9.01. The van der Waals surface area contributed by atoms with Crippen LogP contribution in [0.4, 0.5) is 0 Å². The van der Waals surface area contributed by atoms with Crippen LogP contribution in [0.1, 0.15) is 65.3 Å². The van der Waals surface area contributed by atoms with Crippen molar-refractivity contribution >= 4 is 17.5 Å². The summed E-state index contributed by atoms with van der Waals surface area (Å²) in [7, 11) is 0. The number of amides is 1. The lowest BCUT2D eigenvalue weighted by atomic mass is 9.85. The van der Waals surface area contributed by atoms with Crippen LogP contribution in [-0.2, 0) is 12.8 Å². The average Bonchev–Trinajstić information content (AvgIpc) is 3.18. The quantitative estimate of drug-likeness (QED) is 0.608. The highest BCUT2D eigenvalue weighted by atomic mass is 35.5. The largest absolute Gasteiger partial charge is 0.394 e. The minimum atomic E-state index is -0.322. The van der Waals surface area contributed by atoms with E-state index in [2.05, 4.69) is 27.7 Å². The first-order chi connectivity index (χ1) is 15.2.